The minimum Gasteiger partial charge on any atom is -0.508 e. The van der Waals surface area contributed by atoms with Crippen LogP contribution in [0, 0.1) is 0 Å². The van der Waals surface area contributed by atoms with Crippen molar-refractivity contribution in [1.29, 1.82) is 0 Å². The van der Waals surface area contributed by atoms with Gasteiger partial charge in [0.1, 0.15) is 23.0 Å². The highest BCUT2D eigenvalue weighted by Gasteiger charge is 2.37. The fourth-order valence-corrected chi connectivity index (χ4v) is 5.84. The average molecular weight is 531 g/mol. The molecule has 4 heteroatoms. The van der Waals surface area contributed by atoms with Crippen molar-refractivity contribution >= 4 is 0 Å². The van der Waals surface area contributed by atoms with Gasteiger partial charge in [-0.3, -0.25) is 0 Å². The van der Waals surface area contributed by atoms with Gasteiger partial charge < -0.3 is 20.4 Å². The number of benzene rings is 5. The summed E-state index contributed by atoms with van der Waals surface area (Å²) in [6, 6.07) is 39.8. The lowest BCUT2D eigenvalue weighted by Crippen LogP contribution is -2.23. The smallest absolute Gasteiger partial charge is 0.115 e. The van der Waals surface area contributed by atoms with Crippen LogP contribution < -0.4 is 0 Å². The Balaban J connectivity index is 0.000000162. The Labute approximate surface area is 235 Å². The highest BCUT2D eigenvalue weighted by molar-refractivity contribution is 5.46. The van der Waals surface area contributed by atoms with E-state index in [2.05, 4.69) is 12.1 Å². The Hall–Kier alpha value is -4.70. The van der Waals surface area contributed by atoms with E-state index in [1.807, 2.05) is 66.7 Å². The number of hydrogen-bond acceptors (Lipinski definition) is 4. The highest BCUT2D eigenvalue weighted by atomic mass is 16.3. The lowest BCUT2D eigenvalue weighted by atomic mass is 9.73. The van der Waals surface area contributed by atoms with Crippen molar-refractivity contribution < 1.29 is 20.4 Å². The van der Waals surface area contributed by atoms with E-state index in [1.54, 1.807) is 48.5 Å². The van der Waals surface area contributed by atoms with Crippen LogP contribution in [0.1, 0.15) is 59.4 Å². The lowest BCUT2D eigenvalue weighted by Gasteiger charge is -2.30. The van der Waals surface area contributed by atoms with Gasteiger partial charge in [-0.25, -0.2) is 0 Å². The van der Waals surface area contributed by atoms with Gasteiger partial charge >= 0.3 is 0 Å². The van der Waals surface area contributed by atoms with E-state index in [0.717, 1.165) is 24.0 Å². The monoisotopic (exact) mass is 530 g/mol. The van der Waals surface area contributed by atoms with E-state index < -0.39 is 0 Å². The van der Waals surface area contributed by atoms with Crippen molar-refractivity contribution in [2.24, 2.45) is 0 Å². The fraction of sp³-hybridized carbons (Fsp3) is 0.167. The largest absolute Gasteiger partial charge is 0.508 e. The first-order chi connectivity index (χ1) is 19.4. The van der Waals surface area contributed by atoms with Crippen molar-refractivity contribution in [1.82, 2.24) is 0 Å². The van der Waals surface area contributed by atoms with Crippen molar-refractivity contribution in [2.75, 3.05) is 0 Å². The van der Waals surface area contributed by atoms with E-state index in [4.69, 9.17) is 0 Å². The lowest BCUT2D eigenvalue weighted by molar-refractivity contribution is 0.471. The summed E-state index contributed by atoms with van der Waals surface area (Å²) in [5.41, 5.74) is 5.94. The zero-order valence-electron chi connectivity index (χ0n) is 22.3. The topological polar surface area (TPSA) is 80.9 Å². The van der Waals surface area contributed by atoms with Crippen molar-refractivity contribution in [3.8, 4) is 23.0 Å². The van der Waals surface area contributed by atoms with E-state index in [0.29, 0.717) is 11.5 Å². The third kappa shape index (κ3) is 5.97. The molecule has 1 aliphatic rings. The Morgan fingerprint density at radius 1 is 0.400 bits per heavy atom. The summed E-state index contributed by atoms with van der Waals surface area (Å²) >= 11 is 0. The zero-order chi connectivity index (χ0) is 28.0. The van der Waals surface area contributed by atoms with Gasteiger partial charge in [0.15, 0.2) is 0 Å². The predicted octanol–water partition coefficient (Wildman–Crippen LogP) is 8.24. The van der Waals surface area contributed by atoms with Crippen LogP contribution in [0.4, 0.5) is 0 Å². The van der Waals surface area contributed by atoms with Crippen molar-refractivity contribution in [3.05, 3.63) is 155 Å². The third-order valence-electron chi connectivity index (χ3n) is 7.88. The maximum atomic E-state index is 9.48. The van der Waals surface area contributed by atoms with E-state index in [-0.39, 0.29) is 22.8 Å². The van der Waals surface area contributed by atoms with Gasteiger partial charge in [0, 0.05) is 11.3 Å². The van der Waals surface area contributed by atoms with Crippen LogP contribution in [-0.2, 0) is 5.41 Å². The van der Waals surface area contributed by atoms with Crippen LogP contribution in [0.25, 0.3) is 0 Å². The molecule has 0 amide bonds. The van der Waals surface area contributed by atoms with Gasteiger partial charge in [-0.1, -0.05) is 91.7 Å². The molecule has 0 spiro atoms. The summed E-state index contributed by atoms with van der Waals surface area (Å²) in [6.07, 6.45) is 4.70. The summed E-state index contributed by atoms with van der Waals surface area (Å²) in [5.74, 6) is 1.21. The van der Waals surface area contributed by atoms with Gasteiger partial charge in [0.2, 0.25) is 0 Å². The number of hydrogen-bond donors (Lipinski definition) is 4. The summed E-state index contributed by atoms with van der Waals surface area (Å²) in [6.45, 7) is 0. The molecule has 4 nitrogen and oxygen atoms in total. The molecule has 1 aliphatic carbocycles. The molecule has 0 unspecified atom stereocenters. The van der Waals surface area contributed by atoms with Crippen LogP contribution in [0.3, 0.4) is 0 Å². The van der Waals surface area contributed by atoms with Gasteiger partial charge in [-0.2, -0.15) is 0 Å². The van der Waals surface area contributed by atoms with Gasteiger partial charge in [0.05, 0.1) is 0 Å². The van der Waals surface area contributed by atoms with Crippen LogP contribution in [0.15, 0.2) is 127 Å². The molecule has 1 saturated carbocycles. The molecule has 5 aromatic carbocycles. The number of aromatic hydroxyl groups is 4. The van der Waals surface area contributed by atoms with Crippen LogP contribution in [0.2, 0.25) is 0 Å². The number of rotatable bonds is 5. The Morgan fingerprint density at radius 2 is 0.725 bits per heavy atom. The standard InChI is InChI=1S/C19H16O2.C17H18O2/c20-17-10-6-15(7-11-17)19(14-4-2-1-3-5-14)16-8-12-18(21)13-9-16;18-15-7-3-13(4-8-15)17(11-1-2-12-17)14-5-9-16(19)10-6-14/h1-13,19-21H;3-10,18-19H,1-2,11-12H2. The second-order valence-electron chi connectivity index (χ2n) is 10.4. The summed E-state index contributed by atoms with van der Waals surface area (Å²) in [4.78, 5) is 0. The predicted molar refractivity (Wildman–Crippen MR) is 159 cm³/mol. The molecule has 1 fully saturated rings. The SMILES string of the molecule is Oc1ccc(C(c2ccccc2)c2ccc(O)cc2)cc1.Oc1ccc(C2(c3ccc(O)cc3)CCCC2)cc1. The maximum Gasteiger partial charge on any atom is 0.115 e. The Bertz CT molecular complexity index is 1390. The molecule has 6 rings (SSSR count). The first-order valence-corrected chi connectivity index (χ1v) is 13.7. The molecule has 0 saturated heterocycles. The number of phenolic OH excluding ortho intramolecular Hbond substituents is 4. The van der Waals surface area contributed by atoms with E-state index >= 15 is 0 Å². The quantitative estimate of drug-likeness (QED) is 0.173. The molecule has 0 atom stereocenters. The second-order valence-corrected chi connectivity index (χ2v) is 10.4. The Kier molecular flexibility index (Phi) is 8.07. The first-order valence-electron chi connectivity index (χ1n) is 13.7. The summed E-state index contributed by atoms with van der Waals surface area (Å²) in [7, 11) is 0. The first kappa shape index (κ1) is 26.9. The molecule has 0 aromatic heterocycles. The highest BCUT2D eigenvalue weighted by Crippen LogP contribution is 2.47. The van der Waals surface area contributed by atoms with Crippen molar-refractivity contribution in [2.45, 2.75) is 37.0 Å². The molecule has 0 heterocycles. The van der Waals surface area contributed by atoms with Crippen LogP contribution in [0.5, 0.6) is 23.0 Å². The molecule has 0 bridgehead atoms. The second kappa shape index (κ2) is 12.0. The molecule has 0 radical (unpaired) electrons. The van der Waals surface area contributed by atoms with Crippen LogP contribution >= 0.6 is 0 Å². The van der Waals surface area contributed by atoms with E-state index in [1.165, 1.54) is 29.5 Å². The van der Waals surface area contributed by atoms with E-state index in [9.17, 15) is 20.4 Å². The van der Waals surface area contributed by atoms with Gasteiger partial charge in [-0.15, -0.1) is 0 Å². The molecule has 4 N–H and O–H groups in total. The molecular formula is C36H34O4. The molecule has 202 valence electrons. The fourth-order valence-electron chi connectivity index (χ4n) is 5.84. The summed E-state index contributed by atoms with van der Waals surface area (Å²) < 4.78 is 0. The average Bonchev–Trinajstić information content (AvgIpc) is 3.48. The van der Waals surface area contributed by atoms with Crippen LogP contribution in [-0.4, -0.2) is 20.4 Å². The Morgan fingerprint density at radius 3 is 1.10 bits per heavy atom. The molecule has 40 heavy (non-hydrogen) atoms. The van der Waals surface area contributed by atoms with Crippen molar-refractivity contribution in [3.63, 3.8) is 0 Å². The van der Waals surface area contributed by atoms with Gasteiger partial charge in [-0.05, 0) is 89.2 Å². The maximum absolute atomic E-state index is 9.48. The number of phenols is 4. The zero-order valence-corrected chi connectivity index (χ0v) is 22.3. The minimum absolute atomic E-state index is 0.0431. The molecule has 5 aromatic rings. The molecule has 0 aliphatic heterocycles. The normalized spacial score (nSPS) is 13.9. The third-order valence-corrected chi connectivity index (χ3v) is 7.88. The minimum atomic E-state index is 0.0431. The van der Waals surface area contributed by atoms with Gasteiger partial charge in [0.25, 0.3) is 0 Å². The summed E-state index contributed by atoms with van der Waals surface area (Å²) in [5, 5.41) is 37.9. The molecular weight excluding hydrogens is 496 g/mol.